The number of aliphatic hydroxyl groups is 1. The van der Waals surface area contributed by atoms with E-state index in [4.69, 9.17) is 16.3 Å². The monoisotopic (exact) mass is 361 g/mol. The Morgan fingerprint density at radius 1 is 1.32 bits per heavy atom. The van der Waals surface area contributed by atoms with Gasteiger partial charge in [0.25, 0.3) is 5.56 Å². The molecule has 1 aliphatic heterocycles. The molecule has 25 heavy (non-hydrogen) atoms. The fourth-order valence-electron chi connectivity index (χ4n) is 2.90. The Kier molecular flexibility index (Phi) is 4.93. The fraction of sp³-hybridized carbons (Fsp3) is 0.353. The number of fused-ring (bicyclic) bond motifs is 1. The molecule has 1 aromatic carbocycles. The van der Waals surface area contributed by atoms with E-state index >= 15 is 0 Å². The summed E-state index contributed by atoms with van der Waals surface area (Å²) in [7, 11) is 0. The second-order valence-corrected chi connectivity index (χ2v) is 6.24. The van der Waals surface area contributed by atoms with E-state index in [0.29, 0.717) is 29.4 Å². The van der Waals surface area contributed by atoms with Gasteiger partial charge in [-0.15, -0.1) is 0 Å². The van der Waals surface area contributed by atoms with Crippen molar-refractivity contribution < 1.29 is 9.84 Å². The maximum Gasteiger partial charge on any atom is 0.331 e. The zero-order valence-corrected chi connectivity index (χ0v) is 14.1. The standard InChI is InChI=1S/C17H16ClN3O4/c18-11-3-5-13(6-4-11)25-10-12(22)9-21-16(23)14(8-19)15-2-1-7-20(15)17(21)24/h3-6,12,22H,1-2,7,9-10H2. The third-order valence-corrected chi connectivity index (χ3v) is 4.34. The van der Waals surface area contributed by atoms with Crippen LogP contribution in [0.15, 0.2) is 33.9 Å². The Bertz CT molecular complexity index is 941. The molecule has 2 aromatic rings. The van der Waals surface area contributed by atoms with Crippen LogP contribution < -0.4 is 16.0 Å². The van der Waals surface area contributed by atoms with E-state index in [2.05, 4.69) is 0 Å². The van der Waals surface area contributed by atoms with Crippen molar-refractivity contribution in [1.29, 1.82) is 5.26 Å². The lowest BCUT2D eigenvalue weighted by molar-refractivity contribution is 0.0899. The second-order valence-electron chi connectivity index (χ2n) is 5.81. The van der Waals surface area contributed by atoms with Crippen LogP contribution >= 0.6 is 11.6 Å². The minimum absolute atomic E-state index is 0.0251. The van der Waals surface area contributed by atoms with Crippen molar-refractivity contribution in [2.75, 3.05) is 6.61 Å². The van der Waals surface area contributed by atoms with E-state index in [1.165, 1.54) is 4.57 Å². The smallest absolute Gasteiger partial charge is 0.331 e. The first-order chi connectivity index (χ1) is 12.0. The summed E-state index contributed by atoms with van der Waals surface area (Å²) in [5.74, 6) is 0.513. The number of hydrogen-bond acceptors (Lipinski definition) is 5. The molecule has 0 saturated carbocycles. The van der Waals surface area contributed by atoms with Gasteiger partial charge in [0.05, 0.1) is 6.54 Å². The molecule has 1 N–H and O–H groups in total. The van der Waals surface area contributed by atoms with Gasteiger partial charge in [-0.1, -0.05) is 11.6 Å². The number of halogens is 1. The molecule has 0 bridgehead atoms. The summed E-state index contributed by atoms with van der Waals surface area (Å²) < 4.78 is 7.77. The number of aliphatic hydroxyl groups excluding tert-OH is 1. The quantitative estimate of drug-likeness (QED) is 0.854. The van der Waals surface area contributed by atoms with Gasteiger partial charge in [-0.25, -0.2) is 4.79 Å². The minimum Gasteiger partial charge on any atom is -0.491 e. The number of aromatic nitrogens is 2. The lowest BCUT2D eigenvalue weighted by Crippen LogP contribution is -2.44. The lowest BCUT2D eigenvalue weighted by Gasteiger charge is -2.15. The number of nitrogens with zero attached hydrogens (tertiary/aromatic N) is 3. The minimum atomic E-state index is -1.08. The van der Waals surface area contributed by atoms with E-state index in [9.17, 15) is 20.0 Å². The van der Waals surface area contributed by atoms with Crippen molar-refractivity contribution in [2.24, 2.45) is 0 Å². The predicted octanol–water partition coefficient (Wildman–Crippen LogP) is 0.921. The molecule has 8 heteroatoms. The maximum atomic E-state index is 12.4. The van der Waals surface area contributed by atoms with Crippen molar-refractivity contribution in [3.8, 4) is 11.8 Å². The van der Waals surface area contributed by atoms with E-state index in [1.54, 1.807) is 24.3 Å². The largest absolute Gasteiger partial charge is 0.491 e. The number of nitriles is 1. The maximum absolute atomic E-state index is 12.4. The van der Waals surface area contributed by atoms with Gasteiger partial charge in [-0.3, -0.25) is 13.9 Å². The van der Waals surface area contributed by atoms with Crippen LogP contribution in [0.25, 0.3) is 0 Å². The van der Waals surface area contributed by atoms with Crippen LogP contribution in [0.4, 0.5) is 0 Å². The van der Waals surface area contributed by atoms with Crippen LogP contribution in [-0.4, -0.2) is 27.0 Å². The van der Waals surface area contributed by atoms with Crippen molar-refractivity contribution in [2.45, 2.75) is 32.0 Å². The van der Waals surface area contributed by atoms with Crippen LogP contribution in [0.5, 0.6) is 5.75 Å². The van der Waals surface area contributed by atoms with Crippen molar-refractivity contribution in [3.63, 3.8) is 0 Å². The normalized spacial score (nSPS) is 14.0. The first-order valence-corrected chi connectivity index (χ1v) is 8.22. The zero-order chi connectivity index (χ0) is 18.0. The van der Waals surface area contributed by atoms with Crippen LogP contribution in [-0.2, 0) is 19.5 Å². The molecule has 2 heterocycles. The number of rotatable bonds is 5. The molecule has 0 radical (unpaired) electrons. The van der Waals surface area contributed by atoms with Crippen LogP contribution in [0.3, 0.4) is 0 Å². The van der Waals surface area contributed by atoms with E-state index < -0.39 is 17.4 Å². The Balaban J connectivity index is 1.79. The van der Waals surface area contributed by atoms with Gasteiger partial charge >= 0.3 is 5.69 Å². The van der Waals surface area contributed by atoms with Crippen molar-refractivity contribution >= 4 is 11.6 Å². The summed E-state index contributed by atoms with van der Waals surface area (Å²) in [6.45, 7) is 0.137. The molecule has 0 aliphatic carbocycles. The van der Waals surface area contributed by atoms with Crippen LogP contribution in [0.2, 0.25) is 5.02 Å². The van der Waals surface area contributed by atoms with Crippen LogP contribution in [0.1, 0.15) is 17.7 Å². The molecule has 3 rings (SSSR count). The summed E-state index contributed by atoms with van der Waals surface area (Å²) in [4.78, 5) is 24.8. The second kappa shape index (κ2) is 7.13. The number of benzene rings is 1. The molecule has 0 spiro atoms. The topological polar surface area (TPSA) is 97.2 Å². The van der Waals surface area contributed by atoms with Gasteiger partial charge in [0.2, 0.25) is 0 Å². The average molecular weight is 362 g/mol. The van der Waals surface area contributed by atoms with Gasteiger partial charge in [0, 0.05) is 17.3 Å². The summed E-state index contributed by atoms with van der Waals surface area (Å²) in [6.07, 6.45) is 0.180. The molecule has 0 saturated heterocycles. The summed E-state index contributed by atoms with van der Waals surface area (Å²) >= 11 is 5.79. The van der Waals surface area contributed by atoms with Gasteiger partial charge in [0.15, 0.2) is 0 Å². The van der Waals surface area contributed by atoms with Gasteiger partial charge in [0.1, 0.15) is 30.1 Å². The third-order valence-electron chi connectivity index (χ3n) is 4.09. The molecule has 1 unspecified atom stereocenters. The highest BCUT2D eigenvalue weighted by molar-refractivity contribution is 6.30. The fourth-order valence-corrected chi connectivity index (χ4v) is 3.02. The highest BCUT2D eigenvalue weighted by Gasteiger charge is 2.23. The molecule has 1 aliphatic rings. The summed E-state index contributed by atoms with van der Waals surface area (Å²) in [5, 5.41) is 19.9. The first kappa shape index (κ1) is 17.3. The van der Waals surface area contributed by atoms with Crippen molar-refractivity contribution in [3.05, 3.63) is 61.4 Å². The predicted molar refractivity (Wildman–Crippen MR) is 91.0 cm³/mol. The van der Waals surface area contributed by atoms with Gasteiger partial charge < -0.3 is 9.84 Å². The number of hydrogen-bond donors (Lipinski definition) is 1. The SMILES string of the molecule is N#Cc1c2n(c(=O)n(CC(O)COc3ccc(Cl)cc3)c1=O)CCC2. The highest BCUT2D eigenvalue weighted by atomic mass is 35.5. The van der Waals surface area contributed by atoms with E-state index in [1.807, 2.05) is 6.07 Å². The zero-order valence-electron chi connectivity index (χ0n) is 13.3. The highest BCUT2D eigenvalue weighted by Crippen LogP contribution is 2.16. The molecule has 7 nitrogen and oxygen atoms in total. The summed E-state index contributed by atoms with van der Waals surface area (Å²) in [6, 6.07) is 8.49. The Morgan fingerprint density at radius 3 is 2.72 bits per heavy atom. The molecule has 130 valence electrons. The average Bonchev–Trinajstić information content (AvgIpc) is 3.08. The third kappa shape index (κ3) is 3.45. The van der Waals surface area contributed by atoms with E-state index in [0.717, 1.165) is 11.0 Å². The first-order valence-electron chi connectivity index (χ1n) is 7.84. The number of ether oxygens (including phenoxy) is 1. The summed E-state index contributed by atoms with van der Waals surface area (Å²) in [5.41, 5.74) is -0.697. The van der Waals surface area contributed by atoms with Gasteiger partial charge in [-0.2, -0.15) is 5.26 Å². The molecule has 1 atom stereocenters. The molecule has 0 amide bonds. The van der Waals surface area contributed by atoms with Crippen molar-refractivity contribution in [1.82, 2.24) is 9.13 Å². The molecular formula is C17H16ClN3O4. The Labute approximate surface area is 148 Å². The van der Waals surface area contributed by atoms with E-state index in [-0.39, 0.29) is 18.7 Å². The molecule has 1 aromatic heterocycles. The van der Waals surface area contributed by atoms with Gasteiger partial charge in [-0.05, 0) is 37.1 Å². The molecule has 0 fully saturated rings. The molecular weight excluding hydrogens is 346 g/mol. The Morgan fingerprint density at radius 2 is 2.04 bits per heavy atom. The lowest BCUT2D eigenvalue weighted by atomic mass is 10.2. The van der Waals surface area contributed by atoms with Crippen LogP contribution in [0, 0.1) is 11.3 Å². The Hall–Kier alpha value is -2.56.